The van der Waals surface area contributed by atoms with Crippen LogP contribution >= 0.6 is 15.9 Å². The Kier molecular flexibility index (Phi) is 10.4. The van der Waals surface area contributed by atoms with Gasteiger partial charge in [-0.25, -0.2) is 4.68 Å². The number of carbonyl (C=O) groups is 5. The van der Waals surface area contributed by atoms with Gasteiger partial charge in [-0.05, 0) is 71.6 Å². The topological polar surface area (TPSA) is 203 Å². The van der Waals surface area contributed by atoms with Crippen molar-refractivity contribution >= 4 is 51.2 Å². The number of aryl methyl sites for hydroxylation is 1. The number of halogens is 1. The number of rotatable bonds is 11. The standard InChI is InChI=1S/C36H37BrN10O7/c1-44-16-22(14-23(17-44)40-26-15-39-45(2)36(53)31(26)37)20-6-8-21(9-7-20)32(49)38-12-13-46-18-24(42-43-46)19-54-28-5-3-4-25-30(28)35(52)47(34(25)51)27-10-11-29(48)41-33(27)50/h3-9,15,18,22-23,27,40H,10-14,16-17,19H2,1-2H3,(H,38,49)(H,41,48,50). The third-order valence-corrected chi connectivity index (χ3v) is 10.5. The quantitative estimate of drug-likeness (QED) is 0.185. The Morgan fingerprint density at radius 2 is 1.83 bits per heavy atom. The number of ether oxygens (including phenoxy) is 1. The fourth-order valence-electron chi connectivity index (χ4n) is 7.06. The summed E-state index contributed by atoms with van der Waals surface area (Å²) in [5, 5.41) is 20.9. The lowest BCUT2D eigenvalue weighted by molar-refractivity contribution is -0.136. The fourth-order valence-corrected chi connectivity index (χ4v) is 7.53. The number of likely N-dealkylation sites (N-methyl/N-ethyl adjacent to an activating group) is 1. The molecule has 2 fully saturated rings. The number of carbonyl (C=O) groups excluding carboxylic acids is 5. The molecule has 54 heavy (non-hydrogen) atoms. The minimum absolute atomic E-state index is 0.0249. The molecule has 2 aromatic heterocycles. The summed E-state index contributed by atoms with van der Waals surface area (Å²) in [6.45, 7) is 2.25. The second kappa shape index (κ2) is 15.3. The van der Waals surface area contributed by atoms with Crippen LogP contribution in [0.1, 0.15) is 67.5 Å². The van der Waals surface area contributed by atoms with Crippen molar-refractivity contribution in [3.63, 3.8) is 0 Å². The predicted octanol–water partition coefficient (Wildman–Crippen LogP) is 1.44. The number of hydrogen-bond acceptors (Lipinski definition) is 12. The molecule has 2 saturated heterocycles. The lowest BCUT2D eigenvalue weighted by Gasteiger charge is -2.37. The maximum absolute atomic E-state index is 13.3. The Morgan fingerprint density at radius 1 is 1.04 bits per heavy atom. The second-order valence-corrected chi connectivity index (χ2v) is 14.4. The van der Waals surface area contributed by atoms with E-state index in [1.807, 2.05) is 24.3 Å². The van der Waals surface area contributed by atoms with Crippen LogP contribution in [-0.4, -0.2) is 103 Å². The molecule has 18 heteroatoms. The highest BCUT2D eigenvalue weighted by molar-refractivity contribution is 9.10. The van der Waals surface area contributed by atoms with Crippen LogP contribution in [0.25, 0.3) is 0 Å². The van der Waals surface area contributed by atoms with Gasteiger partial charge >= 0.3 is 0 Å². The van der Waals surface area contributed by atoms with Crippen LogP contribution in [0.5, 0.6) is 5.75 Å². The number of aromatic nitrogens is 5. The first-order valence-corrected chi connectivity index (χ1v) is 18.2. The molecule has 3 atom stereocenters. The zero-order valence-electron chi connectivity index (χ0n) is 29.5. The van der Waals surface area contributed by atoms with Crippen LogP contribution in [0, 0.1) is 0 Å². The van der Waals surface area contributed by atoms with Crippen LogP contribution in [0.3, 0.4) is 0 Å². The van der Waals surface area contributed by atoms with Gasteiger partial charge in [0.05, 0.1) is 35.8 Å². The Morgan fingerprint density at radius 3 is 2.61 bits per heavy atom. The molecule has 3 N–H and O–H groups in total. The van der Waals surface area contributed by atoms with Crippen LogP contribution < -0.4 is 26.2 Å². The van der Waals surface area contributed by atoms with Crippen LogP contribution in [0.15, 0.2) is 64.1 Å². The van der Waals surface area contributed by atoms with Gasteiger partial charge in [0.25, 0.3) is 23.3 Å². The fraction of sp³-hybridized carbons (Fsp3) is 0.361. The van der Waals surface area contributed by atoms with Crippen molar-refractivity contribution in [2.24, 2.45) is 7.05 Å². The number of imide groups is 2. The van der Waals surface area contributed by atoms with E-state index in [2.05, 4.69) is 59.2 Å². The molecule has 17 nitrogen and oxygen atoms in total. The molecule has 3 unspecified atom stereocenters. The van der Waals surface area contributed by atoms with E-state index >= 15 is 0 Å². The number of nitrogens with one attached hydrogen (secondary N) is 3. The maximum Gasteiger partial charge on any atom is 0.282 e. The van der Waals surface area contributed by atoms with Crippen molar-refractivity contribution in [3.8, 4) is 5.75 Å². The number of piperidine rings is 2. The number of anilines is 1. The summed E-state index contributed by atoms with van der Waals surface area (Å²) in [7, 11) is 3.67. The van der Waals surface area contributed by atoms with E-state index < -0.39 is 29.7 Å². The molecule has 5 heterocycles. The van der Waals surface area contributed by atoms with Crippen molar-refractivity contribution in [2.45, 2.75) is 50.4 Å². The second-order valence-electron chi connectivity index (χ2n) is 13.6. The van der Waals surface area contributed by atoms with Gasteiger partial charge in [-0.3, -0.25) is 43.7 Å². The predicted molar refractivity (Wildman–Crippen MR) is 196 cm³/mol. The minimum atomic E-state index is -1.08. The molecular formula is C36H37BrN10O7. The number of fused-ring (bicyclic) bond motifs is 1. The van der Waals surface area contributed by atoms with Crippen molar-refractivity contribution in [2.75, 3.05) is 32.0 Å². The molecular weight excluding hydrogens is 764 g/mol. The molecule has 5 amide bonds. The average molecular weight is 802 g/mol. The smallest absolute Gasteiger partial charge is 0.282 e. The van der Waals surface area contributed by atoms with Gasteiger partial charge in [0, 0.05) is 44.7 Å². The van der Waals surface area contributed by atoms with Crippen molar-refractivity contribution in [1.82, 2.24) is 45.2 Å². The molecule has 7 rings (SSSR count). The third-order valence-electron chi connectivity index (χ3n) is 9.73. The van der Waals surface area contributed by atoms with E-state index in [9.17, 15) is 28.8 Å². The zero-order chi connectivity index (χ0) is 38.1. The van der Waals surface area contributed by atoms with Gasteiger partial charge < -0.3 is 20.3 Å². The van der Waals surface area contributed by atoms with E-state index in [4.69, 9.17) is 4.74 Å². The largest absolute Gasteiger partial charge is 0.486 e. The molecule has 4 aromatic rings. The molecule has 0 saturated carbocycles. The number of likely N-dealkylation sites (tertiary alicyclic amines) is 1. The minimum Gasteiger partial charge on any atom is -0.486 e. The van der Waals surface area contributed by atoms with Crippen molar-refractivity contribution in [3.05, 3.63) is 97.6 Å². The lowest BCUT2D eigenvalue weighted by Crippen LogP contribution is -2.54. The molecule has 2 aromatic carbocycles. The molecule has 280 valence electrons. The number of nitrogens with zero attached hydrogens (tertiary/aromatic N) is 7. The molecule has 3 aliphatic rings. The summed E-state index contributed by atoms with van der Waals surface area (Å²) in [6.07, 6.45) is 4.22. The lowest BCUT2D eigenvalue weighted by atomic mass is 9.87. The summed E-state index contributed by atoms with van der Waals surface area (Å²) in [4.78, 5) is 78.8. The highest BCUT2D eigenvalue weighted by atomic mass is 79.9. The summed E-state index contributed by atoms with van der Waals surface area (Å²) in [5.41, 5.74) is 2.71. The molecule has 0 bridgehead atoms. The van der Waals surface area contributed by atoms with Gasteiger partial charge in [0.2, 0.25) is 11.8 Å². The van der Waals surface area contributed by atoms with E-state index in [1.54, 1.807) is 36.3 Å². The van der Waals surface area contributed by atoms with Gasteiger partial charge in [-0.1, -0.05) is 23.4 Å². The normalized spacial score (nSPS) is 20.1. The SMILES string of the molecule is CN1CC(Nc2cnn(C)c(=O)c2Br)CC(c2ccc(C(=O)NCCn3cc(COc4cccc5c4C(=O)N(C4CCC(=O)NC4=O)C5=O)nn3)cc2)C1. The molecule has 0 radical (unpaired) electrons. The molecule has 0 aliphatic carbocycles. The van der Waals surface area contributed by atoms with Gasteiger partial charge in [0.1, 0.15) is 28.6 Å². The highest BCUT2D eigenvalue weighted by Crippen LogP contribution is 2.34. The monoisotopic (exact) mass is 800 g/mol. The maximum atomic E-state index is 13.3. The first-order chi connectivity index (χ1) is 26.0. The van der Waals surface area contributed by atoms with Crippen LogP contribution in [-0.2, 0) is 29.8 Å². The van der Waals surface area contributed by atoms with E-state index in [-0.39, 0.29) is 66.3 Å². The summed E-state index contributed by atoms with van der Waals surface area (Å²) >= 11 is 3.39. The molecule has 0 spiro atoms. The summed E-state index contributed by atoms with van der Waals surface area (Å²) < 4.78 is 9.18. The first kappa shape index (κ1) is 36.6. The van der Waals surface area contributed by atoms with Gasteiger partial charge in [-0.2, -0.15) is 5.10 Å². The van der Waals surface area contributed by atoms with Crippen LogP contribution in [0.2, 0.25) is 0 Å². The highest BCUT2D eigenvalue weighted by Gasteiger charge is 2.46. The van der Waals surface area contributed by atoms with Gasteiger partial charge in [-0.15, -0.1) is 5.10 Å². The average Bonchev–Trinajstić information content (AvgIpc) is 3.72. The Labute approximate surface area is 317 Å². The van der Waals surface area contributed by atoms with Gasteiger partial charge in [0.15, 0.2) is 0 Å². The van der Waals surface area contributed by atoms with E-state index in [0.29, 0.717) is 28.0 Å². The number of hydrogen-bond donors (Lipinski definition) is 3. The summed E-state index contributed by atoms with van der Waals surface area (Å²) in [5.74, 6) is -2.26. The number of amides is 5. The van der Waals surface area contributed by atoms with E-state index in [1.165, 1.54) is 10.7 Å². The van der Waals surface area contributed by atoms with Crippen LogP contribution in [0.4, 0.5) is 5.69 Å². The van der Waals surface area contributed by atoms with Crippen molar-refractivity contribution < 1.29 is 28.7 Å². The Bertz CT molecular complexity index is 2200. The third kappa shape index (κ3) is 7.52. The van der Waals surface area contributed by atoms with E-state index in [0.717, 1.165) is 30.0 Å². The zero-order valence-corrected chi connectivity index (χ0v) is 31.0. The Hall–Kier alpha value is -5.75. The Balaban J connectivity index is 0.896. The van der Waals surface area contributed by atoms with Crippen molar-refractivity contribution in [1.29, 1.82) is 0 Å². The number of benzene rings is 2. The first-order valence-electron chi connectivity index (χ1n) is 17.4. The molecule has 3 aliphatic heterocycles. The summed E-state index contributed by atoms with van der Waals surface area (Å²) in [6, 6.07) is 11.2.